The van der Waals surface area contributed by atoms with Crippen molar-refractivity contribution >= 4 is 0 Å². The average Bonchev–Trinajstić information content (AvgIpc) is 2.33. The molecule has 0 aromatic rings. The number of allylic oxidation sites excluding steroid dienone is 2. The minimum Gasteiger partial charge on any atom is -0.382 e. The summed E-state index contributed by atoms with van der Waals surface area (Å²) in [5.41, 5.74) is 2.31. The number of nitrogens with zero attached hydrogens (tertiary/aromatic N) is 4. The number of nitriles is 2. The maximum absolute atomic E-state index is 9.07. The van der Waals surface area contributed by atoms with Crippen LogP contribution >= 0.6 is 0 Å². The third-order valence-corrected chi connectivity index (χ3v) is 3.39. The van der Waals surface area contributed by atoms with Gasteiger partial charge in [-0.25, -0.2) is 0 Å². The maximum Gasteiger partial charge on any atom is 0.135 e. The molecule has 3 saturated heterocycles. The van der Waals surface area contributed by atoms with E-state index >= 15 is 0 Å². The van der Waals surface area contributed by atoms with Crippen LogP contribution in [0.25, 0.3) is 0 Å². The van der Waals surface area contributed by atoms with E-state index in [9.17, 15) is 0 Å². The number of hydrogen-bond acceptors (Lipinski definition) is 4. The smallest absolute Gasteiger partial charge is 0.135 e. The van der Waals surface area contributed by atoms with Crippen LogP contribution in [0, 0.1) is 28.6 Å². The molecular formula is C13H16N4. The van der Waals surface area contributed by atoms with Gasteiger partial charge in [0, 0.05) is 39.0 Å². The van der Waals surface area contributed by atoms with Crippen molar-refractivity contribution in [3.8, 4) is 12.1 Å². The molecule has 0 radical (unpaired) electrons. The summed E-state index contributed by atoms with van der Waals surface area (Å²) in [6.07, 6.45) is 4.15. The van der Waals surface area contributed by atoms with E-state index in [4.69, 9.17) is 10.5 Å². The summed E-state index contributed by atoms with van der Waals surface area (Å²) in [7, 11) is 3.93. The first-order valence-corrected chi connectivity index (χ1v) is 5.85. The van der Waals surface area contributed by atoms with Gasteiger partial charge in [0.05, 0.1) is 5.70 Å². The van der Waals surface area contributed by atoms with E-state index in [1.165, 1.54) is 0 Å². The Morgan fingerprint density at radius 3 is 2.35 bits per heavy atom. The summed E-state index contributed by atoms with van der Waals surface area (Å²) in [5, 5.41) is 18.1. The standard InChI is InChI=1S/C13H16N4/c1-16(2)9-12-13(11(7-14)8-15)10-3-5-17(12)6-4-10/h9-10H,3-6H2,1-2H3. The van der Waals surface area contributed by atoms with E-state index in [0.717, 1.165) is 37.2 Å². The van der Waals surface area contributed by atoms with Gasteiger partial charge in [0.25, 0.3) is 0 Å². The lowest BCUT2D eigenvalue weighted by atomic mass is 9.79. The van der Waals surface area contributed by atoms with Crippen molar-refractivity contribution in [2.75, 3.05) is 27.2 Å². The first-order valence-electron chi connectivity index (χ1n) is 5.85. The van der Waals surface area contributed by atoms with Gasteiger partial charge in [-0.1, -0.05) is 0 Å². The van der Waals surface area contributed by atoms with Gasteiger partial charge < -0.3 is 9.80 Å². The monoisotopic (exact) mass is 228 g/mol. The van der Waals surface area contributed by atoms with E-state index in [0.29, 0.717) is 5.92 Å². The van der Waals surface area contributed by atoms with Crippen LogP contribution in [-0.2, 0) is 0 Å². The van der Waals surface area contributed by atoms with Crippen LogP contribution < -0.4 is 0 Å². The van der Waals surface area contributed by atoms with Crippen LogP contribution in [-0.4, -0.2) is 37.0 Å². The molecule has 3 aliphatic rings. The lowest BCUT2D eigenvalue weighted by Crippen LogP contribution is -2.42. The van der Waals surface area contributed by atoms with Gasteiger partial charge in [-0.3, -0.25) is 0 Å². The van der Waals surface area contributed by atoms with Crippen molar-refractivity contribution in [2.45, 2.75) is 12.8 Å². The molecule has 0 aromatic carbocycles. The molecule has 0 aromatic heterocycles. The molecule has 4 heteroatoms. The van der Waals surface area contributed by atoms with Gasteiger partial charge in [-0.05, 0) is 18.8 Å². The van der Waals surface area contributed by atoms with Crippen molar-refractivity contribution in [2.24, 2.45) is 5.92 Å². The number of fused-ring (bicyclic) bond motifs is 3. The molecule has 3 rings (SSSR count). The third kappa shape index (κ3) is 1.99. The number of hydrogen-bond donors (Lipinski definition) is 0. The Hall–Kier alpha value is -1.94. The second-order valence-electron chi connectivity index (χ2n) is 4.75. The first kappa shape index (κ1) is 11.5. The molecule has 0 spiro atoms. The van der Waals surface area contributed by atoms with E-state index in [2.05, 4.69) is 4.90 Å². The fourth-order valence-corrected chi connectivity index (χ4v) is 2.66. The molecule has 17 heavy (non-hydrogen) atoms. The van der Waals surface area contributed by atoms with E-state index < -0.39 is 0 Å². The molecule has 3 fully saturated rings. The van der Waals surface area contributed by atoms with Gasteiger partial charge in [-0.2, -0.15) is 10.5 Å². The highest BCUT2D eigenvalue weighted by Crippen LogP contribution is 2.40. The van der Waals surface area contributed by atoms with E-state index in [1.807, 2.05) is 37.3 Å². The fraction of sp³-hybridized carbons (Fsp3) is 0.538. The van der Waals surface area contributed by atoms with Crippen molar-refractivity contribution < 1.29 is 0 Å². The Morgan fingerprint density at radius 2 is 1.88 bits per heavy atom. The molecule has 0 amide bonds. The van der Waals surface area contributed by atoms with Crippen LogP contribution in [0.3, 0.4) is 0 Å². The number of piperidine rings is 3. The highest BCUT2D eigenvalue weighted by Gasteiger charge is 2.35. The predicted octanol–water partition coefficient (Wildman–Crippen LogP) is 1.46. The van der Waals surface area contributed by atoms with Crippen LogP contribution in [0.5, 0.6) is 0 Å². The molecule has 3 heterocycles. The van der Waals surface area contributed by atoms with E-state index in [-0.39, 0.29) is 5.57 Å². The Morgan fingerprint density at radius 1 is 1.29 bits per heavy atom. The van der Waals surface area contributed by atoms with Crippen molar-refractivity contribution in [1.29, 1.82) is 10.5 Å². The minimum atomic E-state index is 0.285. The van der Waals surface area contributed by atoms with Crippen molar-refractivity contribution in [3.63, 3.8) is 0 Å². The maximum atomic E-state index is 9.07. The molecule has 3 aliphatic heterocycles. The molecule has 0 N–H and O–H groups in total. The Kier molecular flexibility index (Phi) is 3.06. The summed E-state index contributed by atoms with van der Waals surface area (Å²) in [5.74, 6) is 0.389. The summed E-state index contributed by atoms with van der Waals surface area (Å²) in [4.78, 5) is 4.26. The average molecular weight is 228 g/mol. The van der Waals surface area contributed by atoms with Gasteiger partial charge in [0.15, 0.2) is 0 Å². The summed E-state index contributed by atoms with van der Waals surface area (Å²) in [6, 6.07) is 4.08. The highest BCUT2D eigenvalue weighted by molar-refractivity contribution is 5.51. The summed E-state index contributed by atoms with van der Waals surface area (Å²) in [6.45, 7) is 2.08. The quantitative estimate of drug-likeness (QED) is 0.637. The largest absolute Gasteiger partial charge is 0.382 e. The zero-order valence-electron chi connectivity index (χ0n) is 10.3. The minimum absolute atomic E-state index is 0.285. The van der Waals surface area contributed by atoms with Crippen LogP contribution in [0.4, 0.5) is 0 Å². The SMILES string of the molecule is CN(C)C=C1C(=C(C#N)C#N)C2CCN1CC2. The molecule has 0 atom stereocenters. The van der Waals surface area contributed by atoms with Crippen LogP contribution in [0.15, 0.2) is 23.0 Å². The van der Waals surface area contributed by atoms with Gasteiger partial charge >= 0.3 is 0 Å². The van der Waals surface area contributed by atoms with Crippen LogP contribution in [0.2, 0.25) is 0 Å². The normalized spacial score (nSPS) is 21.3. The molecular weight excluding hydrogens is 212 g/mol. The zero-order valence-corrected chi connectivity index (χ0v) is 10.3. The van der Waals surface area contributed by atoms with Gasteiger partial charge in [-0.15, -0.1) is 0 Å². The van der Waals surface area contributed by atoms with Gasteiger partial charge in [0.1, 0.15) is 17.7 Å². The van der Waals surface area contributed by atoms with Gasteiger partial charge in [0.2, 0.25) is 0 Å². The second-order valence-corrected chi connectivity index (χ2v) is 4.75. The molecule has 0 aliphatic carbocycles. The topological polar surface area (TPSA) is 54.1 Å². The lowest BCUT2D eigenvalue weighted by molar-refractivity contribution is 0.201. The fourth-order valence-electron chi connectivity index (χ4n) is 2.66. The predicted molar refractivity (Wildman–Crippen MR) is 64.3 cm³/mol. The van der Waals surface area contributed by atoms with Crippen LogP contribution in [0.1, 0.15) is 12.8 Å². The molecule has 0 unspecified atom stereocenters. The highest BCUT2D eigenvalue weighted by atomic mass is 15.2. The molecule has 88 valence electrons. The molecule has 2 bridgehead atoms. The summed E-state index contributed by atoms with van der Waals surface area (Å²) < 4.78 is 0. The Bertz CT molecular complexity index is 435. The zero-order chi connectivity index (χ0) is 12.4. The lowest BCUT2D eigenvalue weighted by Gasteiger charge is -2.44. The molecule has 0 saturated carbocycles. The number of rotatable bonds is 1. The van der Waals surface area contributed by atoms with Crippen molar-refractivity contribution in [3.05, 3.63) is 23.0 Å². The molecule has 4 nitrogen and oxygen atoms in total. The van der Waals surface area contributed by atoms with E-state index in [1.54, 1.807) is 0 Å². The Balaban J connectivity index is 2.51. The van der Waals surface area contributed by atoms with Crippen molar-refractivity contribution in [1.82, 2.24) is 9.80 Å². The second kappa shape index (κ2) is 4.51. The Labute approximate surface area is 102 Å². The third-order valence-electron chi connectivity index (χ3n) is 3.39. The summed E-state index contributed by atoms with van der Waals surface area (Å²) >= 11 is 0. The first-order chi connectivity index (χ1) is 8.17.